The van der Waals surface area contributed by atoms with Gasteiger partial charge in [0.15, 0.2) is 0 Å². The second-order valence-corrected chi connectivity index (χ2v) is 9.80. The van der Waals surface area contributed by atoms with E-state index in [1.54, 1.807) is 18.2 Å². The summed E-state index contributed by atoms with van der Waals surface area (Å²) in [6, 6.07) is 32.8. The maximum atomic E-state index is 12.8. The molecule has 6 heteroatoms. The van der Waals surface area contributed by atoms with Gasteiger partial charge >= 0.3 is 0 Å². The fraction of sp³-hybridized carbons (Fsp3) is 0.147. The van der Waals surface area contributed by atoms with Gasteiger partial charge in [0.1, 0.15) is 0 Å². The van der Waals surface area contributed by atoms with E-state index < -0.39 is 0 Å². The van der Waals surface area contributed by atoms with Gasteiger partial charge in [0.2, 0.25) is 5.91 Å². The highest BCUT2D eigenvalue weighted by Crippen LogP contribution is 2.48. The van der Waals surface area contributed by atoms with Gasteiger partial charge in [0, 0.05) is 22.9 Å². The fourth-order valence-corrected chi connectivity index (χ4v) is 4.71. The van der Waals surface area contributed by atoms with Crippen LogP contribution in [0.1, 0.15) is 40.7 Å². The lowest BCUT2D eigenvalue weighted by molar-refractivity contribution is -0.117. The number of amides is 2. The molecule has 6 rings (SSSR count). The van der Waals surface area contributed by atoms with E-state index in [9.17, 15) is 9.59 Å². The Morgan fingerprint density at radius 1 is 0.875 bits per heavy atom. The fourth-order valence-electron chi connectivity index (χ4n) is 4.71. The predicted octanol–water partition coefficient (Wildman–Crippen LogP) is 7.42. The standard InChI is InChI=1S/C31H26N4O2.C3H6/c36-30(22-9-5-2-6-10-22)33-23-13-11-21(12-14-23)29-19-32-27-16-15-24(17-28(27)35-29)34-31(37)26-18-25(26)20-7-3-1-4-8-20;1-3-2/h1-17,25-26,32H,18-19H2,(H,33,36)(H,34,37);3H,1H2,2H3. The number of fused-ring (bicyclic) bond motifs is 1. The Morgan fingerprint density at radius 3 is 2.23 bits per heavy atom. The van der Waals surface area contributed by atoms with E-state index >= 15 is 0 Å². The topological polar surface area (TPSA) is 82.6 Å². The van der Waals surface area contributed by atoms with Crippen molar-refractivity contribution in [2.45, 2.75) is 19.3 Å². The normalized spacial score (nSPS) is 16.6. The second-order valence-electron chi connectivity index (χ2n) is 9.80. The van der Waals surface area contributed by atoms with Crippen LogP contribution in [-0.2, 0) is 4.79 Å². The predicted molar refractivity (Wildman–Crippen MR) is 164 cm³/mol. The lowest BCUT2D eigenvalue weighted by atomic mass is 10.1. The van der Waals surface area contributed by atoms with Gasteiger partial charge in [0.05, 0.1) is 23.6 Å². The van der Waals surface area contributed by atoms with E-state index in [1.807, 2.05) is 85.8 Å². The first-order valence-corrected chi connectivity index (χ1v) is 13.4. The van der Waals surface area contributed by atoms with Crippen LogP contribution in [0.2, 0.25) is 0 Å². The van der Waals surface area contributed by atoms with Crippen LogP contribution in [0.15, 0.2) is 121 Å². The number of hydrogen-bond acceptors (Lipinski definition) is 4. The van der Waals surface area contributed by atoms with E-state index in [0.717, 1.165) is 40.4 Å². The molecule has 0 bridgehead atoms. The van der Waals surface area contributed by atoms with Crippen LogP contribution in [-0.4, -0.2) is 24.1 Å². The number of rotatable bonds is 6. The highest BCUT2D eigenvalue weighted by molar-refractivity contribution is 6.08. The van der Waals surface area contributed by atoms with E-state index in [4.69, 9.17) is 4.99 Å². The highest BCUT2D eigenvalue weighted by Gasteiger charge is 2.43. The molecular weight excluding hydrogens is 496 g/mol. The molecule has 2 unspecified atom stereocenters. The van der Waals surface area contributed by atoms with Gasteiger partial charge in [-0.2, -0.15) is 0 Å². The van der Waals surface area contributed by atoms with Crippen LogP contribution in [0.5, 0.6) is 0 Å². The number of nitrogens with zero attached hydrogens (tertiary/aromatic N) is 1. The van der Waals surface area contributed by atoms with Crippen LogP contribution in [0.4, 0.5) is 22.7 Å². The molecule has 1 saturated carbocycles. The van der Waals surface area contributed by atoms with E-state index in [1.165, 1.54) is 5.56 Å². The zero-order chi connectivity index (χ0) is 27.9. The summed E-state index contributed by atoms with van der Waals surface area (Å²) in [5.41, 5.74) is 6.88. The smallest absolute Gasteiger partial charge is 0.255 e. The minimum Gasteiger partial charge on any atom is -0.378 e. The van der Waals surface area contributed by atoms with Crippen LogP contribution in [0.3, 0.4) is 0 Å². The number of nitrogens with one attached hydrogen (secondary N) is 3. The molecule has 2 amide bonds. The van der Waals surface area contributed by atoms with Crippen LogP contribution in [0, 0.1) is 5.92 Å². The lowest BCUT2D eigenvalue weighted by Gasteiger charge is -2.19. The van der Waals surface area contributed by atoms with E-state index in [-0.39, 0.29) is 17.7 Å². The number of hydrogen-bond donors (Lipinski definition) is 3. The van der Waals surface area contributed by atoms with Crippen molar-refractivity contribution in [3.8, 4) is 0 Å². The van der Waals surface area contributed by atoms with Gasteiger partial charge < -0.3 is 16.0 Å². The molecule has 6 nitrogen and oxygen atoms in total. The first-order valence-electron chi connectivity index (χ1n) is 13.4. The molecule has 200 valence electrons. The quantitative estimate of drug-likeness (QED) is 0.228. The molecule has 1 heterocycles. The average Bonchev–Trinajstić information content (AvgIpc) is 3.80. The Balaban J connectivity index is 0.00000103. The SMILES string of the molecule is C=CC.O=C(Nc1ccc(C2=Nc3cc(NC(=O)C4CC4c4ccccc4)ccc3NC2)cc1)c1ccccc1. The minimum atomic E-state index is -0.144. The Hall–Kier alpha value is -4.97. The van der Waals surface area contributed by atoms with Crippen LogP contribution < -0.4 is 16.0 Å². The van der Waals surface area contributed by atoms with Crippen molar-refractivity contribution in [3.05, 3.63) is 132 Å². The molecule has 0 radical (unpaired) electrons. The zero-order valence-corrected chi connectivity index (χ0v) is 22.4. The molecule has 4 aromatic carbocycles. The third-order valence-electron chi connectivity index (χ3n) is 6.83. The summed E-state index contributed by atoms with van der Waals surface area (Å²) in [7, 11) is 0. The van der Waals surface area contributed by atoms with Gasteiger partial charge in [-0.3, -0.25) is 9.59 Å². The number of carbonyl (C=O) groups is 2. The maximum Gasteiger partial charge on any atom is 0.255 e. The molecule has 0 saturated heterocycles. The van der Waals surface area contributed by atoms with Gasteiger partial charge in [0.25, 0.3) is 5.91 Å². The summed E-state index contributed by atoms with van der Waals surface area (Å²) in [5, 5.41) is 9.40. The van der Waals surface area contributed by atoms with E-state index in [0.29, 0.717) is 18.0 Å². The highest BCUT2D eigenvalue weighted by atomic mass is 16.2. The summed E-state index contributed by atoms with van der Waals surface area (Å²) < 4.78 is 0. The number of anilines is 3. The van der Waals surface area contributed by atoms with Crippen molar-refractivity contribution in [1.82, 2.24) is 0 Å². The second kappa shape index (κ2) is 12.3. The third-order valence-corrected chi connectivity index (χ3v) is 6.83. The van der Waals surface area contributed by atoms with Crippen molar-refractivity contribution in [3.63, 3.8) is 0 Å². The molecular formula is C34H32N4O2. The molecule has 1 aliphatic heterocycles. The number of aliphatic imine (C=N–C) groups is 1. The number of benzene rings is 4. The van der Waals surface area contributed by atoms with Gasteiger partial charge in [-0.05, 0) is 72.9 Å². The maximum absolute atomic E-state index is 12.8. The number of allylic oxidation sites excluding steroid dienone is 1. The minimum absolute atomic E-state index is 0.0107. The average molecular weight is 529 g/mol. The Labute approximate surface area is 234 Å². The summed E-state index contributed by atoms with van der Waals surface area (Å²) >= 11 is 0. The summed E-state index contributed by atoms with van der Waals surface area (Å²) in [5.74, 6) is 0.215. The summed E-state index contributed by atoms with van der Waals surface area (Å²) in [6.07, 6.45) is 2.63. The molecule has 0 aromatic heterocycles. The molecule has 2 atom stereocenters. The van der Waals surface area contributed by atoms with Crippen molar-refractivity contribution in [2.75, 3.05) is 22.5 Å². The van der Waals surface area contributed by atoms with Crippen molar-refractivity contribution >= 4 is 40.3 Å². The first-order chi connectivity index (χ1) is 19.6. The van der Waals surface area contributed by atoms with Gasteiger partial charge in [-0.15, -0.1) is 6.58 Å². The molecule has 3 N–H and O–H groups in total. The van der Waals surface area contributed by atoms with Crippen LogP contribution >= 0.6 is 0 Å². The molecule has 2 aliphatic rings. The summed E-state index contributed by atoms with van der Waals surface area (Å²) in [4.78, 5) is 30.1. The monoisotopic (exact) mass is 528 g/mol. The Bertz CT molecular complexity index is 1530. The van der Waals surface area contributed by atoms with Crippen LogP contribution in [0.25, 0.3) is 0 Å². The number of carbonyl (C=O) groups excluding carboxylic acids is 2. The molecule has 4 aromatic rings. The van der Waals surface area contributed by atoms with Crippen molar-refractivity contribution in [1.29, 1.82) is 0 Å². The van der Waals surface area contributed by atoms with Crippen molar-refractivity contribution in [2.24, 2.45) is 10.9 Å². The molecule has 0 spiro atoms. The van der Waals surface area contributed by atoms with Gasteiger partial charge in [-0.25, -0.2) is 4.99 Å². The molecule has 1 aliphatic carbocycles. The zero-order valence-electron chi connectivity index (χ0n) is 22.4. The Kier molecular flexibility index (Phi) is 8.16. The third kappa shape index (κ3) is 6.35. The Morgan fingerprint density at radius 2 is 1.52 bits per heavy atom. The first kappa shape index (κ1) is 26.6. The largest absolute Gasteiger partial charge is 0.378 e. The van der Waals surface area contributed by atoms with Crippen molar-refractivity contribution < 1.29 is 9.59 Å². The lowest BCUT2D eigenvalue weighted by Crippen LogP contribution is -2.19. The summed E-state index contributed by atoms with van der Waals surface area (Å²) in [6.45, 7) is 5.84. The molecule has 1 fully saturated rings. The molecule has 40 heavy (non-hydrogen) atoms. The van der Waals surface area contributed by atoms with E-state index in [2.05, 4.69) is 34.7 Å². The van der Waals surface area contributed by atoms with Gasteiger partial charge in [-0.1, -0.05) is 66.7 Å².